The molecule has 100 valence electrons. The summed E-state index contributed by atoms with van der Waals surface area (Å²) in [6, 6.07) is 9.35. The van der Waals surface area contributed by atoms with Crippen LogP contribution in [-0.2, 0) is 6.42 Å². The van der Waals surface area contributed by atoms with Gasteiger partial charge >= 0.3 is 0 Å². The predicted octanol–water partition coefficient (Wildman–Crippen LogP) is 5.45. The normalized spacial score (nSPS) is 12.5. The molecular formula is C15H12Cl2F2. The summed E-state index contributed by atoms with van der Waals surface area (Å²) in [7, 11) is 0. The van der Waals surface area contributed by atoms with Crippen molar-refractivity contribution in [2.45, 2.75) is 18.7 Å². The fourth-order valence-electron chi connectivity index (χ4n) is 1.85. The van der Waals surface area contributed by atoms with Gasteiger partial charge in [0.2, 0.25) is 0 Å². The van der Waals surface area contributed by atoms with Crippen LogP contribution in [0.4, 0.5) is 8.78 Å². The zero-order chi connectivity index (χ0) is 14.0. The van der Waals surface area contributed by atoms with Crippen molar-refractivity contribution >= 4 is 23.2 Å². The number of halogens is 4. The molecule has 0 fully saturated rings. The number of alkyl halides is 1. The first kappa shape index (κ1) is 14.3. The molecule has 1 atom stereocenters. The maximum absolute atomic E-state index is 13.1. The maximum Gasteiger partial charge on any atom is 0.159 e. The Labute approximate surface area is 121 Å². The van der Waals surface area contributed by atoms with Crippen LogP contribution in [0.3, 0.4) is 0 Å². The number of aryl methyl sites for hydroxylation is 1. The molecule has 0 radical (unpaired) electrons. The molecule has 2 aromatic rings. The van der Waals surface area contributed by atoms with E-state index in [0.29, 0.717) is 17.0 Å². The minimum Gasteiger partial charge on any atom is -0.204 e. The molecule has 0 heterocycles. The van der Waals surface area contributed by atoms with Crippen molar-refractivity contribution in [2.24, 2.45) is 0 Å². The Morgan fingerprint density at radius 3 is 2.42 bits per heavy atom. The topological polar surface area (TPSA) is 0 Å². The molecule has 2 aromatic carbocycles. The smallest absolute Gasteiger partial charge is 0.159 e. The van der Waals surface area contributed by atoms with Crippen LogP contribution in [0, 0.1) is 18.6 Å². The first-order valence-electron chi connectivity index (χ1n) is 5.81. The molecule has 0 aromatic heterocycles. The summed E-state index contributed by atoms with van der Waals surface area (Å²) in [6.07, 6.45) is 0.430. The van der Waals surface area contributed by atoms with Crippen LogP contribution in [0.5, 0.6) is 0 Å². The fourth-order valence-corrected chi connectivity index (χ4v) is 2.29. The highest BCUT2D eigenvalue weighted by atomic mass is 35.5. The monoisotopic (exact) mass is 300 g/mol. The molecule has 0 aliphatic heterocycles. The van der Waals surface area contributed by atoms with Crippen LogP contribution in [-0.4, -0.2) is 0 Å². The minimum absolute atomic E-state index is 0.305. The molecule has 0 N–H and O–H groups in total. The SMILES string of the molecule is Cc1cc(C(Cl)Cc2ccc(F)c(F)c2)ccc1Cl. The fraction of sp³-hybridized carbons (Fsp3) is 0.200. The van der Waals surface area contributed by atoms with Gasteiger partial charge < -0.3 is 0 Å². The van der Waals surface area contributed by atoms with Crippen molar-refractivity contribution in [3.05, 3.63) is 69.7 Å². The zero-order valence-electron chi connectivity index (χ0n) is 10.3. The summed E-state index contributed by atoms with van der Waals surface area (Å²) in [5, 5.41) is 0.376. The second-order valence-corrected chi connectivity index (χ2v) is 5.36. The van der Waals surface area contributed by atoms with Gasteiger partial charge in [0, 0.05) is 5.02 Å². The lowest BCUT2D eigenvalue weighted by Crippen LogP contribution is -1.98. The van der Waals surface area contributed by atoms with Crippen molar-refractivity contribution in [2.75, 3.05) is 0 Å². The van der Waals surface area contributed by atoms with E-state index in [2.05, 4.69) is 0 Å². The summed E-state index contributed by atoms with van der Waals surface area (Å²) < 4.78 is 25.9. The third kappa shape index (κ3) is 3.46. The van der Waals surface area contributed by atoms with Gasteiger partial charge in [-0.1, -0.05) is 29.8 Å². The molecule has 0 amide bonds. The van der Waals surface area contributed by atoms with Crippen LogP contribution in [0.2, 0.25) is 5.02 Å². The highest BCUT2D eigenvalue weighted by molar-refractivity contribution is 6.31. The second-order valence-electron chi connectivity index (χ2n) is 4.43. The van der Waals surface area contributed by atoms with Gasteiger partial charge in [-0.05, 0) is 48.2 Å². The van der Waals surface area contributed by atoms with Gasteiger partial charge in [0.05, 0.1) is 5.38 Å². The van der Waals surface area contributed by atoms with Gasteiger partial charge in [0.1, 0.15) is 0 Å². The van der Waals surface area contributed by atoms with E-state index in [0.717, 1.165) is 17.2 Å². The summed E-state index contributed by atoms with van der Waals surface area (Å²) in [6.45, 7) is 1.90. The molecule has 0 aliphatic carbocycles. The van der Waals surface area contributed by atoms with Crippen LogP contribution < -0.4 is 0 Å². The lowest BCUT2D eigenvalue weighted by atomic mass is 10.0. The van der Waals surface area contributed by atoms with Crippen molar-refractivity contribution in [3.8, 4) is 0 Å². The predicted molar refractivity (Wildman–Crippen MR) is 74.8 cm³/mol. The van der Waals surface area contributed by atoms with Crippen LogP contribution >= 0.6 is 23.2 Å². The summed E-state index contributed by atoms with van der Waals surface area (Å²) in [5.74, 6) is -1.70. The zero-order valence-corrected chi connectivity index (χ0v) is 11.8. The molecule has 0 saturated carbocycles. The third-order valence-electron chi connectivity index (χ3n) is 2.94. The molecule has 2 rings (SSSR count). The number of rotatable bonds is 3. The van der Waals surface area contributed by atoms with E-state index in [4.69, 9.17) is 23.2 Å². The average Bonchev–Trinajstić information content (AvgIpc) is 2.37. The van der Waals surface area contributed by atoms with Gasteiger partial charge in [-0.2, -0.15) is 0 Å². The highest BCUT2D eigenvalue weighted by Gasteiger charge is 2.12. The standard InChI is InChI=1S/C15H12Cl2F2/c1-9-6-11(3-4-12(9)16)13(17)7-10-2-5-14(18)15(19)8-10/h2-6,8,13H,7H2,1H3. The Kier molecular flexibility index (Phi) is 4.43. The van der Waals surface area contributed by atoms with Crippen molar-refractivity contribution in [1.82, 2.24) is 0 Å². The second kappa shape index (κ2) is 5.89. The van der Waals surface area contributed by atoms with E-state index in [1.807, 2.05) is 19.1 Å². The molecule has 4 heteroatoms. The summed E-state index contributed by atoms with van der Waals surface area (Å²) >= 11 is 12.2. The van der Waals surface area contributed by atoms with Crippen molar-refractivity contribution in [3.63, 3.8) is 0 Å². The molecule has 1 unspecified atom stereocenters. The molecule has 0 saturated heterocycles. The van der Waals surface area contributed by atoms with E-state index >= 15 is 0 Å². The third-order valence-corrected chi connectivity index (χ3v) is 3.77. The summed E-state index contributed by atoms with van der Waals surface area (Å²) in [5.41, 5.74) is 2.51. The Morgan fingerprint density at radius 1 is 1.05 bits per heavy atom. The molecule has 0 bridgehead atoms. The molecule has 0 aliphatic rings. The van der Waals surface area contributed by atoms with Crippen molar-refractivity contribution in [1.29, 1.82) is 0 Å². The van der Waals surface area contributed by atoms with Crippen LogP contribution in [0.25, 0.3) is 0 Å². The highest BCUT2D eigenvalue weighted by Crippen LogP contribution is 2.28. The molecule has 0 nitrogen and oxygen atoms in total. The van der Waals surface area contributed by atoms with E-state index in [1.54, 1.807) is 6.07 Å². The Hall–Kier alpha value is -1.12. The first-order valence-corrected chi connectivity index (χ1v) is 6.63. The van der Waals surface area contributed by atoms with Gasteiger partial charge in [0.15, 0.2) is 11.6 Å². The van der Waals surface area contributed by atoms with E-state index in [1.165, 1.54) is 12.1 Å². The van der Waals surface area contributed by atoms with E-state index < -0.39 is 11.6 Å². The van der Waals surface area contributed by atoms with Gasteiger partial charge in [-0.15, -0.1) is 11.6 Å². The maximum atomic E-state index is 13.1. The average molecular weight is 301 g/mol. The van der Waals surface area contributed by atoms with Crippen LogP contribution in [0.15, 0.2) is 36.4 Å². The minimum atomic E-state index is -0.853. The van der Waals surface area contributed by atoms with E-state index in [-0.39, 0.29) is 5.38 Å². The largest absolute Gasteiger partial charge is 0.204 e. The van der Waals surface area contributed by atoms with E-state index in [9.17, 15) is 8.78 Å². The number of hydrogen-bond acceptors (Lipinski definition) is 0. The Bertz CT molecular complexity index is 597. The lowest BCUT2D eigenvalue weighted by molar-refractivity contribution is 0.507. The Balaban J connectivity index is 2.17. The summed E-state index contributed by atoms with van der Waals surface area (Å²) in [4.78, 5) is 0. The number of benzene rings is 2. The molecule has 19 heavy (non-hydrogen) atoms. The van der Waals surface area contributed by atoms with Gasteiger partial charge in [-0.25, -0.2) is 8.78 Å². The first-order chi connectivity index (χ1) is 8.97. The van der Waals surface area contributed by atoms with Crippen molar-refractivity contribution < 1.29 is 8.78 Å². The van der Waals surface area contributed by atoms with Gasteiger partial charge in [0.25, 0.3) is 0 Å². The lowest BCUT2D eigenvalue weighted by Gasteiger charge is -2.11. The molecular weight excluding hydrogens is 289 g/mol. The number of hydrogen-bond donors (Lipinski definition) is 0. The van der Waals surface area contributed by atoms with Crippen LogP contribution in [0.1, 0.15) is 22.1 Å². The Morgan fingerprint density at radius 2 is 1.79 bits per heavy atom. The quantitative estimate of drug-likeness (QED) is 0.661. The van der Waals surface area contributed by atoms with Gasteiger partial charge in [-0.3, -0.25) is 0 Å². The molecule has 0 spiro atoms.